The van der Waals surface area contributed by atoms with E-state index in [1.54, 1.807) is 6.20 Å². The SMILES string of the molecule is C#Cc1cc(-c2c[nH]c3ncc(Cl)cc23)nc(N2CCNCC2)c1. The van der Waals surface area contributed by atoms with Crippen molar-refractivity contribution in [2.75, 3.05) is 31.1 Å². The van der Waals surface area contributed by atoms with Crippen molar-refractivity contribution in [2.45, 2.75) is 0 Å². The molecule has 0 radical (unpaired) electrons. The molecule has 4 rings (SSSR count). The monoisotopic (exact) mass is 337 g/mol. The fourth-order valence-electron chi connectivity index (χ4n) is 2.98. The zero-order chi connectivity index (χ0) is 16.5. The number of H-pyrrole nitrogens is 1. The lowest BCUT2D eigenvalue weighted by Gasteiger charge is -2.28. The molecule has 24 heavy (non-hydrogen) atoms. The predicted molar refractivity (Wildman–Crippen MR) is 97.4 cm³/mol. The average molecular weight is 338 g/mol. The summed E-state index contributed by atoms with van der Waals surface area (Å²) in [5.74, 6) is 3.64. The first kappa shape index (κ1) is 15.0. The molecule has 1 aliphatic heterocycles. The van der Waals surface area contributed by atoms with Gasteiger partial charge in [-0.05, 0) is 18.2 Å². The van der Waals surface area contributed by atoms with Crippen molar-refractivity contribution in [3.05, 3.63) is 41.2 Å². The maximum absolute atomic E-state index is 6.10. The van der Waals surface area contributed by atoms with Crippen LogP contribution < -0.4 is 10.2 Å². The smallest absolute Gasteiger partial charge is 0.138 e. The van der Waals surface area contributed by atoms with Crippen LogP contribution in [0.3, 0.4) is 0 Å². The van der Waals surface area contributed by atoms with Crippen molar-refractivity contribution >= 4 is 28.5 Å². The topological polar surface area (TPSA) is 56.8 Å². The molecule has 3 aromatic rings. The number of nitrogens with zero attached hydrogens (tertiary/aromatic N) is 3. The summed E-state index contributed by atoms with van der Waals surface area (Å²) in [6.07, 6.45) is 9.18. The van der Waals surface area contributed by atoms with Gasteiger partial charge in [-0.15, -0.1) is 6.42 Å². The van der Waals surface area contributed by atoms with E-state index in [1.165, 1.54) is 0 Å². The number of piperazine rings is 1. The quantitative estimate of drug-likeness (QED) is 0.706. The third kappa shape index (κ3) is 2.71. The van der Waals surface area contributed by atoms with E-state index in [0.717, 1.165) is 59.9 Å². The van der Waals surface area contributed by atoms with E-state index in [2.05, 4.69) is 26.1 Å². The Kier molecular flexibility index (Phi) is 3.85. The zero-order valence-electron chi connectivity index (χ0n) is 13.0. The number of hydrogen-bond acceptors (Lipinski definition) is 4. The molecule has 2 N–H and O–H groups in total. The van der Waals surface area contributed by atoms with Crippen molar-refractivity contribution in [1.29, 1.82) is 0 Å². The second-order valence-corrected chi connectivity index (χ2v) is 6.17. The standard InChI is InChI=1S/C18H16ClN5/c1-2-12-7-16(23-17(8-12)24-5-3-20-4-6-24)15-11-22-18-14(15)9-13(19)10-21-18/h1,7-11,20H,3-6H2,(H,21,22). The number of anilines is 1. The van der Waals surface area contributed by atoms with Crippen LogP contribution in [0.2, 0.25) is 5.02 Å². The first-order valence-corrected chi connectivity index (χ1v) is 8.20. The van der Waals surface area contributed by atoms with Gasteiger partial charge in [0.05, 0.1) is 10.7 Å². The fraction of sp³-hybridized carbons (Fsp3) is 0.222. The third-order valence-corrected chi connectivity index (χ3v) is 4.40. The molecule has 1 saturated heterocycles. The number of aromatic nitrogens is 3. The van der Waals surface area contributed by atoms with Gasteiger partial charge in [0.2, 0.25) is 0 Å². The Balaban J connectivity index is 1.84. The van der Waals surface area contributed by atoms with Crippen LogP contribution in [0.4, 0.5) is 5.82 Å². The average Bonchev–Trinajstić information content (AvgIpc) is 3.05. The van der Waals surface area contributed by atoms with Gasteiger partial charge in [0.15, 0.2) is 0 Å². The van der Waals surface area contributed by atoms with Crippen LogP contribution in [0.25, 0.3) is 22.3 Å². The summed E-state index contributed by atoms with van der Waals surface area (Å²) in [5.41, 5.74) is 3.38. The molecule has 120 valence electrons. The number of terminal acetylenes is 1. The van der Waals surface area contributed by atoms with Gasteiger partial charge in [-0.25, -0.2) is 9.97 Å². The van der Waals surface area contributed by atoms with E-state index in [-0.39, 0.29) is 0 Å². The largest absolute Gasteiger partial charge is 0.354 e. The molecular formula is C18H16ClN5. The Morgan fingerprint density at radius 2 is 2.04 bits per heavy atom. The summed E-state index contributed by atoms with van der Waals surface area (Å²) in [6.45, 7) is 3.73. The molecule has 0 aromatic carbocycles. The first-order valence-electron chi connectivity index (χ1n) is 7.82. The van der Waals surface area contributed by atoms with Gasteiger partial charge >= 0.3 is 0 Å². The van der Waals surface area contributed by atoms with E-state index in [1.807, 2.05) is 24.4 Å². The minimum Gasteiger partial charge on any atom is -0.354 e. The highest BCUT2D eigenvalue weighted by Gasteiger charge is 2.16. The van der Waals surface area contributed by atoms with Gasteiger partial charge in [-0.2, -0.15) is 0 Å². The van der Waals surface area contributed by atoms with Crippen LogP contribution in [0.5, 0.6) is 0 Å². The van der Waals surface area contributed by atoms with Crippen molar-refractivity contribution in [3.8, 4) is 23.6 Å². The van der Waals surface area contributed by atoms with Crippen LogP contribution in [0.15, 0.2) is 30.6 Å². The molecule has 5 nitrogen and oxygen atoms in total. The molecule has 1 fully saturated rings. The Morgan fingerprint density at radius 3 is 2.83 bits per heavy atom. The van der Waals surface area contributed by atoms with Crippen LogP contribution in [-0.2, 0) is 0 Å². The number of nitrogens with one attached hydrogen (secondary N) is 2. The number of rotatable bonds is 2. The number of hydrogen-bond donors (Lipinski definition) is 2. The van der Waals surface area contributed by atoms with Gasteiger partial charge in [0, 0.05) is 55.1 Å². The molecular weight excluding hydrogens is 322 g/mol. The van der Waals surface area contributed by atoms with Crippen LogP contribution >= 0.6 is 11.6 Å². The predicted octanol–water partition coefficient (Wildman–Crippen LogP) is 2.67. The zero-order valence-corrected chi connectivity index (χ0v) is 13.8. The number of pyridine rings is 2. The van der Waals surface area contributed by atoms with Crippen molar-refractivity contribution in [2.24, 2.45) is 0 Å². The van der Waals surface area contributed by atoms with Gasteiger partial charge in [-0.1, -0.05) is 17.5 Å². The van der Waals surface area contributed by atoms with E-state index >= 15 is 0 Å². The lowest BCUT2D eigenvalue weighted by atomic mass is 10.1. The summed E-state index contributed by atoms with van der Waals surface area (Å²) in [6, 6.07) is 5.79. The molecule has 1 aliphatic rings. The molecule has 0 aliphatic carbocycles. The number of aromatic amines is 1. The molecule has 0 spiro atoms. The molecule has 6 heteroatoms. The summed E-state index contributed by atoms with van der Waals surface area (Å²) in [4.78, 5) is 14.6. The molecule has 3 aromatic heterocycles. The maximum Gasteiger partial charge on any atom is 0.138 e. The maximum atomic E-state index is 6.10. The van der Waals surface area contributed by atoms with Gasteiger partial charge in [0.25, 0.3) is 0 Å². The number of fused-ring (bicyclic) bond motifs is 1. The summed E-state index contributed by atoms with van der Waals surface area (Å²) in [7, 11) is 0. The van der Waals surface area contributed by atoms with Gasteiger partial charge in [0.1, 0.15) is 11.5 Å². The normalized spacial score (nSPS) is 14.8. The molecule has 4 heterocycles. The highest BCUT2D eigenvalue weighted by atomic mass is 35.5. The van der Waals surface area contributed by atoms with Crippen molar-refractivity contribution in [1.82, 2.24) is 20.3 Å². The Hall–Kier alpha value is -2.55. The van der Waals surface area contributed by atoms with E-state index in [9.17, 15) is 0 Å². The fourth-order valence-corrected chi connectivity index (χ4v) is 3.14. The lowest BCUT2D eigenvalue weighted by molar-refractivity contribution is 0.585. The third-order valence-electron chi connectivity index (χ3n) is 4.19. The Morgan fingerprint density at radius 1 is 1.21 bits per heavy atom. The Labute approximate surface area is 145 Å². The van der Waals surface area contributed by atoms with E-state index in [4.69, 9.17) is 23.0 Å². The van der Waals surface area contributed by atoms with Crippen molar-refractivity contribution in [3.63, 3.8) is 0 Å². The van der Waals surface area contributed by atoms with Gasteiger partial charge < -0.3 is 15.2 Å². The van der Waals surface area contributed by atoms with E-state index in [0.29, 0.717) is 5.02 Å². The number of halogens is 1. The molecule has 0 atom stereocenters. The van der Waals surface area contributed by atoms with Crippen LogP contribution in [0.1, 0.15) is 5.56 Å². The highest BCUT2D eigenvalue weighted by Crippen LogP contribution is 2.30. The molecule has 0 amide bonds. The molecule has 0 saturated carbocycles. The molecule has 0 unspecified atom stereocenters. The Bertz CT molecular complexity index is 934. The highest BCUT2D eigenvalue weighted by molar-refractivity contribution is 6.31. The first-order chi connectivity index (χ1) is 11.7. The van der Waals surface area contributed by atoms with Crippen LogP contribution in [-0.4, -0.2) is 41.1 Å². The van der Waals surface area contributed by atoms with Gasteiger partial charge in [-0.3, -0.25) is 0 Å². The summed E-state index contributed by atoms with van der Waals surface area (Å²) >= 11 is 6.10. The lowest BCUT2D eigenvalue weighted by Crippen LogP contribution is -2.43. The second kappa shape index (κ2) is 6.16. The van der Waals surface area contributed by atoms with Crippen LogP contribution in [0, 0.1) is 12.3 Å². The van der Waals surface area contributed by atoms with E-state index < -0.39 is 0 Å². The second-order valence-electron chi connectivity index (χ2n) is 5.73. The molecule has 0 bridgehead atoms. The summed E-state index contributed by atoms with van der Waals surface area (Å²) in [5, 5.41) is 4.88. The summed E-state index contributed by atoms with van der Waals surface area (Å²) < 4.78 is 0. The van der Waals surface area contributed by atoms with Crippen molar-refractivity contribution < 1.29 is 0 Å². The minimum atomic E-state index is 0.596. The minimum absolute atomic E-state index is 0.596.